The highest BCUT2D eigenvalue weighted by Crippen LogP contribution is 2.40. The van der Waals surface area contributed by atoms with Crippen LogP contribution in [0.3, 0.4) is 0 Å². The lowest BCUT2D eigenvalue weighted by Crippen LogP contribution is -2.15. The topological polar surface area (TPSA) is 29.0 Å². The SMILES string of the molecule is CN(C)c1nc(CCCC2CCC(CCCCC(Sc3ccccc3)c3ccccc3)CC2)nc2ccccc12. The molecule has 4 heteroatoms. The Morgan fingerprint density at radius 1 is 0.725 bits per heavy atom. The minimum atomic E-state index is 0.541. The average Bonchev–Trinajstić information content (AvgIpc) is 3.00. The van der Waals surface area contributed by atoms with Crippen LogP contribution in [0.2, 0.25) is 0 Å². The van der Waals surface area contributed by atoms with Gasteiger partial charge in [0.15, 0.2) is 0 Å². The number of thioether (sulfide) groups is 1. The molecule has 3 nitrogen and oxygen atoms in total. The van der Waals surface area contributed by atoms with Crippen molar-refractivity contribution in [1.82, 2.24) is 9.97 Å². The Bertz CT molecular complexity index is 1300. The lowest BCUT2D eigenvalue weighted by molar-refractivity contribution is 0.245. The number of anilines is 1. The fourth-order valence-electron chi connectivity index (χ4n) is 6.30. The molecule has 0 N–H and O–H groups in total. The molecule has 210 valence electrons. The van der Waals surface area contributed by atoms with Gasteiger partial charge < -0.3 is 4.90 Å². The standard InChI is InChI=1S/C36H45N3S/c1-39(2)36-32-20-10-11-21-33(32)37-35(38-36)23-13-15-29-26-24-28(25-27-29)14-9-12-22-34(30-16-5-3-6-17-30)40-31-18-7-4-8-19-31/h3-8,10-11,16-21,28-29,34H,9,12-15,22-27H2,1-2H3. The molecule has 0 saturated heterocycles. The van der Waals surface area contributed by atoms with Crippen LogP contribution in [0.5, 0.6) is 0 Å². The van der Waals surface area contributed by atoms with Gasteiger partial charge in [-0.05, 0) is 54.5 Å². The molecule has 1 aliphatic carbocycles. The van der Waals surface area contributed by atoms with Crippen LogP contribution in [0.4, 0.5) is 5.82 Å². The van der Waals surface area contributed by atoms with Crippen molar-refractivity contribution in [2.24, 2.45) is 11.8 Å². The molecule has 1 fully saturated rings. The van der Waals surface area contributed by atoms with Crippen LogP contribution in [0.25, 0.3) is 10.9 Å². The number of nitrogens with zero attached hydrogens (tertiary/aromatic N) is 3. The third-order valence-corrected chi connectivity index (χ3v) is 9.89. The highest BCUT2D eigenvalue weighted by molar-refractivity contribution is 7.99. The van der Waals surface area contributed by atoms with Gasteiger partial charge in [-0.1, -0.05) is 112 Å². The number of hydrogen-bond donors (Lipinski definition) is 0. The summed E-state index contributed by atoms with van der Waals surface area (Å²) < 4.78 is 0. The van der Waals surface area contributed by atoms with E-state index in [0.717, 1.165) is 40.8 Å². The van der Waals surface area contributed by atoms with Crippen molar-refractivity contribution in [2.45, 2.75) is 80.8 Å². The van der Waals surface area contributed by atoms with E-state index in [4.69, 9.17) is 9.97 Å². The van der Waals surface area contributed by atoms with Crippen molar-refractivity contribution in [3.63, 3.8) is 0 Å². The summed E-state index contributed by atoms with van der Waals surface area (Å²) in [6.45, 7) is 0. The molecule has 5 rings (SSSR count). The van der Waals surface area contributed by atoms with Crippen LogP contribution in [-0.4, -0.2) is 24.1 Å². The molecule has 0 radical (unpaired) electrons. The van der Waals surface area contributed by atoms with Gasteiger partial charge >= 0.3 is 0 Å². The normalized spacial score (nSPS) is 18.1. The fourth-order valence-corrected chi connectivity index (χ4v) is 7.53. The predicted molar refractivity (Wildman–Crippen MR) is 172 cm³/mol. The Morgan fingerprint density at radius 2 is 1.35 bits per heavy atom. The summed E-state index contributed by atoms with van der Waals surface area (Å²) in [7, 11) is 4.14. The number of aryl methyl sites for hydroxylation is 1. The smallest absolute Gasteiger partial charge is 0.139 e. The largest absolute Gasteiger partial charge is 0.362 e. The minimum absolute atomic E-state index is 0.541. The Morgan fingerprint density at radius 3 is 2.05 bits per heavy atom. The zero-order chi connectivity index (χ0) is 27.6. The number of aromatic nitrogens is 2. The molecular weight excluding hydrogens is 506 g/mol. The number of benzene rings is 3. The van der Waals surface area contributed by atoms with Gasteiger partial charge in [-0.3, -0.25) is 0 Å². The van der Waals surface area contributed by atoms with Gasteiger partial charge in [-0.25, -0.2) is 9.97 Å². The fraction of sp³-hybridized carbons (Fsp3) is 0.444. The Hall–Kier alpha value is -2.85. The van der Waals surface area contributed by atoms with Crippen molar-refractivity contribution in [3.05, 3.63) is 96.3 Å². The second-order valence-electron chi connectivity index (χ2n) is 11.8. The first kappa shape index (κ1) is 28.7. The molecule has 0 amide bonds. The van der Waals surface area contributed by atoms with Crippen LogP contribution < -0.4 is 4.90 Å². The molecule has 0 aliphatic heterocycles. The number of rotatable bonds is 13. The first-order valence-electron chi connectivity index (χ1n) is 15.4. The predicted octanol–water partition coefficient (Wildman–Crippen LogP) is 9.92. The zero-order valence-electron chi connectivity index (χ0n) is 24.3. The highest BCUT2D eigenvalue weighted by atomic mass is 32.2. The van der Waals surface area contributed by atoms with Crippen molar-refractivity contribution in [1.29, 1.82) is 0 Å². The van der Waals surface area contributed by atoms with E-state index in [1.807, 2.05) is 11.8 Å². The molecule has 1 aromatic heterocycles. The van der Waals surface area contributed by atoms with Gasteiger partial charge in [0.1, 0.15) is 11.6 Å². The van der Waals surface area contributed by atoms with Crippen molar-refractivity contribution in [3.8, 4) is 0 Å². The minimum Gasteiger partial charge on any atom is -0.362 e. The second-order valence-corrected chi connectivity index (χ2v) is 13.0. The summed E-state index contributed by atoms with van der Waals surface area (Å²) >= 11 is 2.03. The molecule has 0 spiro atoms. The van der Waals surface area contributed by atoms with E-state index in [2.05, 4.69) is 104 Å². The van der Waals surface area contributed by atoms with Crippen LogP contribution in [0.15, 0.2) is 89.8 Å². The summed E-state index contributed by atoms with van der Waals surface area (Å²) in [5.74, 6) is 3.85. The lowest BCUT2D eigenvalue weighted by Gasteiger charge is -2.28. The molecule has 1 atom stereocenters. The maximum Gasteiger partial charge on any atom is 0.139 e. The molecule has 40 heavy (non-hydrogen) atoms. The Balaban J connectivity index is 1.02. The summed E-state index contributed by atoms with van der Waals surface area (Å²) in [5.41, 5.74) is 2.52. The van der Waals surface area contributed by atoms with Crippen LogP contribution >= 0.6 is 11.8 Å². The highest BCUT2D eigenvalue weighted by Gasteiger charge is 2.21. The third-order valence-electron chi connectivity index (χ3n) is 8.55. The summed E-state index contributed by atoms with van der Waals surface area (Å²) in [6, 6.07) is 30.4. The quantitative estimate of drug-likeness (QED) is 0.122. The average molecular weight is 552 g/mol. The molecule has 1 heterocycles. The number of para-hydroxylation sites is 1. The van der Waals surface area contributed by atoms with E-state index in [0.29, 0.717) is 5.25 Å². The molecular formula is C36H45N3S. The van der Waals surface area contributed by atoms with E-state index in [1.165, 1.54) is 74.7 Å². The van der Waals surface area contributed by atoms with Gasteiger partial charge in [0.25, 0.3) is 0 Å². The monoisotopic (exact) mass is 551 g/mol. The van der Waals surface area contributed by atoms with Gasteiger partial charge in [-0.2, -0.15) is 0 Å². The molecule has 0 bridgehead atoms. The van der Waals surface area contributed by atoms with E-state index < -0.39 is 0 Å². The number of unbranched alkanes of at least 4 members (excludes halogenated alkanes) is 1. The maximum atomic E-state index is 4.91. The molecule has 4 aromatic rings. The Labute approximate surface area is 245 Å². The van der Waals surface area contributed by atoms with Crippen LogP contribution in [-0.2, 0) is 6.42 Å². The van der Waals surface area contributed by atoms with Gasteiger partial charge in [0.05, 0.1) is 5.52 Å². The molecule has 1 unspecified atom stereocenters. The number of hydrogen-bond acceptors (Lipinski definition) is 4. The first-order chi connectivity index (χ1) is 19.7. The Kier molecular flexibility index (Phi) is 10.5. The summed E-state index contributed by atoms with van der Waals surface area (Å²) in [6.07, 6.45) is 14.5. The van der Waals surface area contributed by atoms with Gasteiger partial charge in [0, 0.05) is 36.0 Å². The zero-order valence-corrected chi connectivity index (χ0v) is 25.2. The van der Waals surface area contributed by atoms with Crippen molar-refractivity contribution in [2.75, 3.05) is 19.0 Å². The molecule has 1 saturated carbocycles. The molecule has 1 aliphatic rings. The lowest BCUT2D eigenvalue weighted by atomic mass is 9.78. The van der Waals surface area contributed by atoms with Gasteiger partial charge in [-0.15, -0.1) is 11.8 Å². The molecule has 3 aromatic carbocycles. The van der Waals surface area contributed by atoms with Crippen LogP contribution in [0.1, 0.15) is 80.8 Å². The maximum absolute atomic E-state index is 4.91. The van der Waals surface area contributed by atoms with Crippen molar-refractivity contribution < 1.29 is 0 Å². The van der Waals surface area contributed by atoms with Crippen molar-refractivity contribution >= 4 is 28.5 Å². The number of fused-ring (bicyclic) bond motifs is 1. The van der Waals surface area contributed by atoms with E-state index in [9.17, 15) is 0 Å². The van der Waals surface area contributed by atoms with Gasteiger partial charge in [0.2, 0.25) is 0 Å². The van der Waals surface area contributed by atoms with E-state index in [-0.39, 0.29) is 0 Å². The summed E-state index contributed by atoms with van der Waals surface area (Å²) in [4.78, 5) is 13.3. The van der Waals surface area contributed by atoms with Crippen LogP contribution in [0, 0.1) is 11.8 Å². The summed E-state index contributed by atoms with van der Waals surface area (Å²) in [5, 5.41) is 1.68. The first-order valence-corrected chi connectivity index (χ1v) is 16.2. The second kappa shape index (κ2) is 14.7. The van der Waals surface area contributed by atoms with E-state index in [1.54, 1.807) is 0 Å². The third kappa shape index (κ3) is 8.10. The van der Waals surface area contributed by atoms with E-state index >= 15 is 0 Å².